The quantitative estimate of drug-likeness (QED) is 0.679. The Balaban J connectivity index is 1.94. The van der Waals surface area contributed by atoms with Gasteiger partial charge in [-0.15, -0.1) is 0 Å². The van der Waals surface area contributed by atoms with Crippen LogP contribution in [0.15, 0.2) is 53.3 Å². The van der Waals surface area contributed by atoms with E-state index in [1.165, 1.54) is 23.6 Å². The molecule has 0 aliphatic rings. The predicted octanol–water partition coefficient (Wildman–Crippen LogP) is 2.08. The van der Waals surface area contributed by atoms with E-state index >= 15 is 0 Å². The van der Waals surface area contributed by atoms with E-state index in [-0.39, 0.29) is 17.8 Å². The largest absolute Gasteiger partial charge is 0.479 e. The summed E-state index contributed by atoms with van der Waals surface area (Å²) in [6.45, 7) is 3.25. The number of rotatable bonds is 6. The number of hydrogen-bond acceptors (Lipinski definition) is 3. The van der Waals surface area contributed by atoms with Crippen molar-refractivity contribution < 1.29 is 19.1 Å². The number of benzene rings is 2. The van der Waals surface area contributed by atoms with Gasteiger partial charge >= 0.3 is 11.7 Å². The summed E-state index contributed by atoms with van der Waals surface area (Å²) in [4.78, 5) is 37.1. The lowest BCUT2D eigenvalue weighted by Gasteiger charge is -2.27. The van der Waals surface area contributed by atoms with Gasteiger partial charge in [-0.1, -0.05) is 24.3 Å². The standard InChI is InChI=1S/C20H20FN3O4/c1-3-23-15-6-4-5-7-16(15)24(19(23)28)12-17(25)22-20(2,18(26)27)13-8-10-14(21)11-9-13/h4-11H,3,12H2,1-2H3,(H,22,25)(H,26,27). The van der Waals surface area contributed by atoms with E-state index < -0.39 is 23.2 Å². The fourth-order valence-electron chi connectivity index (χ4n) is 3.23. The maximum atomic E-state index is 13.2. The number of nitrogens with zero attached hydrogens (tertiary/aromatic N) is 2. The molecule has 0 saturated heterocycles. The van der Waals surface area contributed by atoms with Gasteiger partial charge in [0.05, 0.1) is 11.0 Å². The molecule has 3 aromatic rings. The number of carbonyl (C=O) groups is 2. The molecular formula is C20H20FN3O4. The number of aromatic nitrogens is 2. The second-order valence-electron chi connectivity index (χ2n) is 6.59. The fraction of sp³-hybridized carbons (Fsp3) is 0.250. The minimum atomic E-state index is -1.77. The Bertz CT molecular complexity index is 1100. The first-order chi connectivity index (χ1) is 13.3. The van der Waals surface area contributed by atoms with Crippen LogP contribution in [0.25, 0.3) is 11.0 Å². The number of para-hydroxylation sites is 2. The van der Waals surface area contributed by atoms with E-state index in [9.17, 15) is 23.9 Å². The van der Waals surface area contributed by atoms with Crippen molar-refractivity contribution in [3.8, 4) is 0 Å². The molecule has 2 aromatic carbocycles. The van der Waals surface area contributed by atoms with E-state index in [1.807, 2.05) is 6.92 Å². The van der Waals surface area contributed by atoms with Gasteiger partial charge in [0, 0.05) is 6.54 Å². The molecule has 1 heterocycles. The summed E-state index contributed by atoms with van der Waals surface area (Å²) in [5.74, 6) is -2.45. The maximum absolute atomic E-state index is 13.2. The zero-order valence-electron chi connectivity index (χ0n) is 15.5. The highest BCUT2D eigenvalue weighted by molar-refractivity contribution is 5.88. The number of halogens is 1. The van der Waals surface area contributed by atoms with E-state index in [0.717, 1.165) is 12.1 Å². The summed E-state index contributed by atoms with van der Waals surface area (Å²) in [6.07, 6.45) is 0. The van der Waals surface area contributed by atoms with Crippen LogP contribution < -0.4 is 11.0 Å². The summed E-state index contributed by atoms with van der Waals surface area (Å²) in [6, 6.07) is 11.9. The van der Waals surface area contributed by atoms with Gasteiger partial charge < -0.3 is 10.4 Å². The van der Waals surface area contributed by atoms with Gasteiger partial charge in [-0.3, -0.25) is 13.9 Å². The predicted molar refractivity (Wildman–Crippen MR) is 101 cm³/mol. The molecule has 146 valence electrons. The first kappa shape index (κ1) is 19.3. The number of aryl methyl sites for hydroxylation is 1. The summed E-state index contributed by atoms with van der Waals surface area (Å²) in [5.41, 5.74) is -0.612. The van der Waals surface area contributed by atoms with Crippen molar-refractivity contribution in [1.82, 2.24) is 14.5 Å². The van der Waals surface area contributed by atoms with Gasteiger partial charge in [-0.05, 0) is 43.7 Å². The highest BCUT2D eigenvalue weighted by Crippen LogP contribution is 2.22. The van der Waals surface area contributed by atoms with Crippen LogP contribution in [-0.2, 0) is 28.2 Å². The monoisotopic (exact) mass is 385 g/mol. The van der Waals surface area contributed by atoms with Crippen molar-refractivity contribution in [2.45, 2.75) is 32.5 Å². The second kappa shape index (κ2) is 7.30. The molecule has 0 aliphatic carbocycles. The highest BCUT2D eigenvalue weighted by Gasteiger charge is 2.37. The average Bonchev–Trinajstić information content (AvgIpc) is 2.93. The van der Waals surface area contributed by atoms with Crippen LogP contribution in [0.2, 0.25) is 0 Å². The van der Waals surface area contributed by atoms with Gasteiger partial charge in [-0.2, -0.15) is 0 Å². The van der Waals surface area contributed by atoms with Crippen LogP contribution in [0, 0.1) is 5.82 Å². The van der Waals surface area contributed by atoms with Gasteiger partial charge in [0.1, 0.15) is 12.4 Å². The molecule has 3 rings (SSSR count). The molecule has 0 radical (unpaired) electrons. The number of carboxylic acid groups (broad SMARTS) is 1. The van der Waals surface area contributed by atoms with Crippen LogP contribution in [0.4, 0.5) is 4.39 Å². The van der Waals surface area contributed by atoms with Crippen molar-refractivity contribution in [1.29, 1.82) is 0 Å². The van der Waals surface area contributed by atoms with E-state index in [4.69, 9.17) is 0 Å². The topological polar surface area (TPSA) is 93.3 Å². The minimum absolute atomic E-state index is 0.220. The molecule has 0 saturated carbocycles. The van der Waals surface area contributed by atoms with Crippen LogP contribution in [0.3, 0.4) is 0 Å². The molecule has 8 heteroatoms. The average molecular weight is 385 g/mol. The molecular weight excluding hydrogens is 365 g/mol. The van der Waals surface area contributed by atoms with Crippen LogP contribution >= 0.6 is 0 Å². The number of imidazole rings is 1. The molecule has 0 bridgehead atoms. The van der Waals surface area contributed by atoms with Gasteiger partial charge in [0.15, 0.2) is 5.54 Å². The number of nitrogens with one attached hydrogen (secondary N) is 1. The zero-order valence-corrected chi connectivity index (χ0v) is 15.5. The van der Waals surface area contributed by atoms with Crippen molar-refractivity contribution in [3.63, 3.8) is 0 Å². The van der Waals surface area contributed by atoms with Crippen LogP contribution in [0.1, 0.15) is 19.4 Å². The SMILES string of the molecule is CCn1c(=O)n(CC(=O)NC(C)(C(=O)O)c2ccc(F)cc2)c2ccccc21. The maximum Gasteiger partial charge on any atom is 0.333 e. The zero-order chi connectivity index (χ0) is 20.5. The first-order valence-electron chi connectivity index (χ1n) is 8.76. The van der Waals surface area contributed by atoms with Crippen molar-refractivity contribution in [2.24, 2.45) is 0 Å². The lowest BCUT2D eigenvalue weighted by atomic mass is 9.92. The summed E-state index contributed by atoms with van der Waals surface area (Å²) in [7, 11) is 0. The smallest absolute Gasteiger partial charge is 0.333 e. The van der Waals surface area contributed by atoms with Crippen LogP contribution in [0.5, 0.6) is 0 Å². The lowest BCUT2D eigenvalue weighted by molar-refractivity contribution is -0.147. The van der Waals surface area contributed by atoms with Gasteiger partial charge in [-0.25, -0.2) is 14.0 Å². The molecule has 0 aliphatic heterocycles. The number of fused-ring (bicyclic) bond motifs is 1. The van der Waals surface area contributed by atoms with E-state index in [0.29, 0.717) is 17.6 Å². The third-order valence-corrected chi connectivity index (χ3v) is 4.78. The number of hydrogen-bond donors (Lipinski definition) is 2. The normalized spacial score (nSPS) is 13.2. The molecule has 1 amide bonds. The van der Waals surface area contributed by atoms with E-state index in [1.54, 1.807) is 28.8 Å². The molecule has 0 spiro atoms. The van der Waals surface area contributed by atoms with Gasteiger partial charge in [0.2, 0.25) is 5.91 Å². The number of carboxylic acids is 1. The Labute approximate surface area is 160 Å². The van der Waals surface area contributed by atoms with Crippen molar-refractivity contribution >= 4 is 22.9 Å². The summed E-state index contributed by atoms with van der Waals surface area (Å²) in [5, 5.41) is 12.1. The Morgan fingerprint density at radius 3 is 2.18 bits per heavy atom. The Morgan fingerprint density at radius 2 is 1.64 bits per heavy atom. The minimum Gasteiger partial charge on any atom is -0.479 e. The third-order valence-electron chi connectivity index (χ3n) is 4.78. The second-order valence-corrected chi connectivity index (χ2v) is 6.59. The molecule has 7 nitrogen and oxygen atoms in total. The number of carbonyl (C=O) groups excluding carboxylic acids is 1. The number of aliphatic carboxylic acids is 1. The molecule has 0 fully saturated rings. The fourth-order valence-corrected chi connectivity index (χ4v) is 3.23. The Kier molecular flexibility index (Phi) is 5.04. The highest BCUT2D eigenvalue weighted by atomic mass is 19.1. The van der Waals surface area contributed by atoms with Crippen molar-refractivity contribution in [3.05, 3.63) is 70.4 Å². The van der Waals surface area contributed by atoms with Gasteiger partial charge in [0.25, 0.3) is 0 Å². The van der Waals surface area contributed by atoms with E-state index in [2.05, 4.69) is 5.32 Å². The number of amides is 1. The molecule has 1 atom stereocenters. The lowest BCUT2D eigenvalue weighted by Crippen LogP contribution is -2.51. The summed E-state index contributed by atoms with van der Waals surface area (Å²) >= 11 is 0. The third kappa shape index (κ3) is 3.28. The molecule has 1 unspecified atom stereocenters. The summed E-state index contributed by atoms with van der Waals surface area (Å²) < 4.78 is 16.0. The first-order valence-corrected chi connectivity index (χ1v) is 8.76. The molecule has 1 aromatic heterocycles. The van der Waals surface area contributed by atoms with Crippen LogP contribution in [-0.4, -0.2) is 26.1 Å². The Morgan fingerprint density at radius 1 is 1.07 bits per heavy atom. The molecule has 28 heavy (non-hydrogen) atoms. The Hall–Kier alpha value is -3.42. The van der Waals surface area contributed by atoms with Crippen molar-refractivity contribution in [2.75, 3.05) is 0 Å². The molecule has 2 N–H and O–H groups in total.